The first-order valence-electron chi connectivity index (χ1n) is 5.97. The smallest absolute Gasteiger partial charge is 0.275 e. The maximum Gasteiger partial charge on any atom is 0.275 e. The van der Waals surface area contributed by atoms with Gasteiger partial charge in [0.2, 0.25) is 5.78 Å². The monoisotopic (exact) mass is 266 g/mol. The predicted molar refractivity (Wildman–Crippen MR) is 71.9 cm³/mol. The zero-order chi connectivity index (χ0) is 13.0. The van der Waals surface area contributed by atoms with E-state index in [-0.39, 0.29) is 17.6 Å². The average Bonchev–Trinajstić information content (AvgIpc) is 3.18. The van der Waals surface area contributed by atoms with E-state index in [9.17, 15) is 4.79 Å². The summed E-state index contributed by atoms with van der Waals surface area (Å²) in [6, 6.07) is 7.13. The standard InChI is InChI=1S/C13H15ClN2O2/c1-2-18-13(12(17)9-6-7-9)16-15-11-5-3-4-10(14)8-11/h3-5,8-9,15H,2,6-7H2,1H3/b16-13+. The molecule has 0 aromatic heterocycles. The van der Waals surface area contributed by atoms with E-state index in [0.717, 1.165) is 18.5 Å². The van der Waals surface area contributed by atoms with Crippen LogP contribution in [0.25, 0.3) is 0 Å². The summed E-state index contributed by atoms with van der Waals surface area (Å²) in [4.78, 5) is 11.9. The topological polar surface area (TPSA) is 50.7 Å². The van der Waals surface area contributed by atoms with Gasteiger partial charge in [-0.3, -0.25) is 10.2 Å². The van der Waals surface area contributed by atoms with Gasteiger partial charge in [0.05, 0.1) is 12.3 Å². The SMILES string of the molecule is CCO/C(=N/Nc1cccc(Cl)c1)C(=O)C1CC1. The largest absolute Gasteiger partial charge is 0.474 e. The molecule has 18 heavy (non-hydrogen) atoms. The van der Waals surface area contributed by atoms with Crippen LogP contribution in [0, 0.1) is 5.92 Å². The van der Waals surface area contributed by atoms with Gasteiger partial charge in [-0.25, -0.2) is 0 Å². The summed E-state index contributed by atoms with van der Waals surface area (Å²) in [6.45, 7) is 2.25. The molecule has 0 spiro atoms. The van der Waals surface area contributed by atoms with Crippen molar-refractivity contribution in [2.75, 3.05) is 12.0 Å². The van der Waals surface area contributed by atoms with Crippen molar-refractivity contribution in [2.45, 2.75) is 19.8 Å². The molecule has 0 amide bonds. The Morgan fingerprint density at radius 3 is 2.94 bits per heavy atom. The third-order valence-electron chi connectivity index (χ3n) is 2.55. The summed E-state index contributed by atoms with van der Waals surface area (Å²) >= 11 is 5.86. The van der Waals surface area contributed by atoms with Crippen molar-refractivity contribution in [1.82, 2.24) is 0 Å². The number of carbonyl (C=O) groups excluding carboxylic acids is 1. The molecule has 1 aliphatic rings. The first-order valence-corrected chi connectivity index (χ1v) is 6.34. The van der Waals surface area contributed by atoms with Crippen LogP contribution in [0.5, 0.6) is 0 Å². The van der Waals surface area contributed by atoms with E-state index < -0.39 is 0 Å². The Hall–Kier alpha value is -1.55. The summed E-state index contributed by atoms with van der Waals surface area (Å²) in [5, 5.41) is 4.63. The molecule has 4 nitrogen and oxygen atoms in total. The molecule has 1 aromatic carbocycles. The molecule has 1 fully saturated rings. The van der Waals surface area contributed by atoms with Crippen molar-refractivity contribution in [2.24, 2.45) is 11.0 Å². The minimum absolute atomic E-state index is 0.0219. The minimum atomic E-state index is -0.0219. The lowest BCUT2D eigenvalue weighted by Gasteiger charge is -2.06. The highest BCUT2D eigenvalue weighted by Gasteiger charge is 2.34. The van der Waals surface area contributed by atoms with Gasteiger partial charge in [-0.1, -0.05) is 17.7 Å². The number of halogens is 1. The highest BCUT2D eigenvalue weighted by Crippen LogP contribution is 2.30. The van der Waals surface area contributed by atoms with Gasteiger partial charge in [0, 0.05) is 10.9 Å². The Bertz CT molecular complexity index is 470. The van der Waals surface area contributed by atoms with E-state index >= 15 is 0 Å². The van der Waals surface area contributed by atoms with Crippen LogP contribution in [0.2, 0.25) is 5.02 Å². The highest BCUT2D eigenvalue weighted by molar-refractivity contribution is 6.37. The van der Waals surface area contributed by atoms with Gasteiger partial charge in [0.1, 0.15) is 0 Å². The van der Waals surface area contributed by atoms with E-state index in [0.29, 0.717) is 11.6 Å². The lowest BCUT2D eigenvalue weighted by Crippen LogP contribution is -2.21. The Kier molecular flexibility index (Phi) is 4.20. The predicted octanol–water partition coefficient (Wildman–Crippen LogP) is 3.08. The van der Waals surface area contributed by atoms with E-state index in [4.69, 9.17) is 16.3 Å². The summed E-state index contributed by atoms with van der Waals surface area (Å²) in [5.74, 6) is 0.225. The van der Waals surface area contributed by atoms with Crippen LogP contribution >= 0.6 is 11.6 Å². The van der Waals surface area contributed by atoms with Crippen molar-refractivity contribution in [3.8, 4) is 0 Å². The van der Waals surface area contributed by atoms with E-state index in [2.05, 4.69) is 10.5 Å². The van der Waals surface area contributed by atoms with Gasteiger partial charge in [-0.15, -0.1) is 5.10 Å². The van der Waals surface area contributed by atoms with Gasteiger partial charge in [0.25, 0.3) is 5.90 Å². The van der Waals surface area contributed by atoms with Gasteiger partial charge >= 0.3 is 0 Å². The molecule has 1 N–H and O–H groups in total. The third kappa shape index (κ3) is 3.47. The van der Waals surface area contributed by atoms with Crippen LogP contribution in [0.15, 0.2) is 29.4 Å². The molecular formula is C13H15ClN2O2. The third-order valence-corrected chi connectivity index (χ3v) is 2.79. The molecule has 0 radical (unpaired) electrons. The molecule has 0 bridgehead atoms. The molecule has 1 aromatic rings. The second-order valence-corrected chi connectivity index (χ2v) is 4.55. The van der Waals surface area contributed by atoms with Gasteiger partial charge in [-0.05, 0) is 38.0 Å². The fourth-order valence-corrected chi connectivity index (χ4v) is 1.68. The molecule has 0 aliphatic heterocycles. The zero-order valence-corrected chi connectivity index (χ0v) is 10.9. The molecule has 0 saturated heterocycles. The molecule has 0 unspecified atom stereocenters. The van der Waals surface area contributed by atoms with Crippen LogP contribution in [0.1, 0.15) is 19.8 Å². The number of Topliss-reactive ketones (excluding diaryl/α,β-unsaturated/α-hetero) is 1. The molecule has 1 aliphatic carbocycles. The fraction of sp³-hybridized carbons (Fsp3) is 0.385. The van der Waals surface area contributed by atoms with E-state index in [1.807, 2.05) is 19.1 Å². The van der Waals surface area contributed by atoms with Crippen molar-refractivity contribution in [3.63, 3.8) is 0 Å². The number of nitrogens with one attached hydrogen (secondary N) is 1. The number of carbonyl (C=O) groups is 1. The summed E-state index contributed by atoms with van der Waals surface area (Å²) < 4.78 is 5.26. The summed E-state index contributed by atoms with van der Waals surface area (Å²) in [5.41, 5.74) is 3.52. The van der Waals surface area contributed by atoms with Crippen molar-refractivity contribution >= 4 is 29.0 Å². The maximum atomic E-state index is 11.9. The number of hydrogen-bond donors (Lipinski definition) is 1. The van der Waals surface area contributed by atoms with Gasteiger partial charge in [0.15, 0.2) is 0 Å². The van der Waals surface area contributed by atoms with Crippen molar-refractivity contribution in [1.29, 1.82) is 0 Å². The molecule has 0 atom stereocenters. The Balaban J connectivity index is 2.05. The number of anilines is 1. The van der Waals surface area contributed by atoms with Gasteiger partial charge < -0.3 is 4.74 Å². The Morgan fingerprint density at radius 1 is 1.56 bits per heavy atom. The molecule has 1 saturated carbocycles. The number of rotatable bonds is 5. The average molecular weight is 267 g/mol. The van der Waals surface area contributed by atoms with Crippen LogP contribution in [0.4, 0.5) is 5.69 Å². The number of ketones is 1. The molecular weight excluding hydrogens is 252 g/mol. The van der Waals surface area contributed by atoms with Crippen molar-refractivity contribution < 1.29 is 9.53 Å². The minimum Gasteiger partial charge on any atom is -0.474 e. The van der Waals surface area contributed by atoms with Crippen LogP contribution in [-0.4, -0.2) is 18.3 Å². The highest BCUT2D eigenvalue weighted by atomic mass is 35.5. The second kappa shape index (κ2) is 5.87. The van der Waals surface area contributed by atoms with Crippen LogP contribution in [-0.2, 0) is 9.53 Å². The van der Waals surface area contributed by atoms with E-state index in [1.54, 1.807) is 12.1 Å². The number of hydrazone groups is 1. The van der Waals surface area contributed by atoms with E-state index in [1.165, 1.54) is 0 Å². The zero-order valence-electron chi connectivity index (χ0n) is 10.1. The van der Waals surface area contributed by atoms with Crippen LogP contribution in [0.3, 0.4) is 0 Å². The second-order valence-electron chi connectivity index (χ2n) is 4.11. The summed E-state index contributed by atoms with van der Waals surface area (Å²) in [6.07, 6.45) is 1.87. The number of nitrogens with zero attached hydrogens (tertiary/aromatic N) is 1. The molecule has 96 valence electrons. The first kappa shape index (κ1) is 12.9. The van der Waals surface area contributed by atoms with Crippen molar-refractivity contribution in [3.05, 3.63) is 29.3 Å². The quantitative estimate of drug-likeness (QED) is 0.506. The lowest BCUT2D eigenvalue weighted by atomic mass is 10.2. The van der Waals surface area contributed by atoms with Gasteiger partial charge in [-0.2, -0.15) is 0 Å². The number of benzene rings is 1. The lowest BCUT2D eigenvalue weighted by molar-refractivity contribution is -0.115. The maximum absolute atomic E-state index is 11.9. The first-order chi connectivity index (χ1) is 8.70. The fourth-order valence-electron chi connectivity index (χ4n) is 1.49. The van der Waals surface area contributed by atoms with Crippen LogP contribution < -0.4 is 5.43 Å². The Morgan fingerprint density at radius 2 is 2.33 bits per heavy atom. The summed E-state index contributed by atoms with van der Waals surface area (Å²) in [7, 11) is 0. The molecule has 2 rings (SSSR count). The Labute approximate surface area is 111 Å². The number of ether oxygens (including phenoxy) is 1. The molecule has 0 heterocycles. The molecule has 5 heteroatoms. The number of hydrogen-bond acceptors (Lipinski definition) is 4. The normalized spacial score (nSPS) is 15.3.